The lowest BCUT2D eigenvalue weighted by Crippen LogP contribution is -1.87. The maximum absolute atomic E-state index is 5.32. The lowest BCUT2D eigenvalue weighted by molar-refractivity contribution is 0.404. The van der Waals surface area contributed by atoms with Crippen LogP contribution in [0.1, 0.15) is 11.1 Å². The fourth-order valence-electron chi connectivity index (χ4n) is 1.37. The van der Waals surface area contributed by atoms with Gasteiger partial charge in [0.05, 0.1) is 7.11 Å². The SMILES string of the molecule is [CH2]c1ccc(OC)c(SCc2ccsc2)c1. The van der Waals surface area contributed by atoms with Gasteiger partial charge in [-0.15, -0.1) is 11.8 Å². The van der Waals surface area contributed by atoms with Crippen LogP contribution in [0.2, 0.25) is 0 Å². The average Bonchev–Trinajstić information content (AvgIpc) is 2.79. The van der Waals surface area contributed by atoms with Crippen LogP contribution in [-0.4, -0.2) is 7.11 Å². The predicted octanol–water partition coefficient (Wildman–Crippen LogP) is 4.23. The van der Waals surface area contributed by atoms with Crippen molar-refractivity contribution in [2.24, 2.45) is 0 Å². The summed E-state index contributed by atoms with van der Waals surface area (Å²) in [6.07, 6.45) is 0. The quantitative estimate of drug-likeness (QED) is 0.750. The van der Waals surface area contributed by atoms with Gasteiger partial charge in [-0.2, -0.15) is 11.3 Å². The molecule has 1 aromatic carbocycles. The first-order valence-corrected chi connectivity index (χ1v) is 6.86. The molecule has 1 radical (unpaired) electrons. The van der Waals surface area contributed by atoms with Crippen molar-refractivity contribution in [2.75, 3.05) is 7.11 Å². The summed E-state index contributed by atoms with van der Waals surface area (Å²) in [7, 11) is 1.70. The maximum Gasteiger partial charge on any atom is 0.132 e. The number of hydrogen-bond acceptors (Lipinski definition) is 3. The summed E-state index contributed by atoms with van der Waals surface area (Å²) in [6.45, 7) is 3.93. The van der Waals surface area contributed by atoms with Crippen molar-refractivity contribution in [3.8, 4) is 5.75 Å². The largest absolute Gasteiger partial charge is 0.496 e. The number of ether oxygens (including phenoxy) is 1. The van der Waals surface area contributed by atoms with Crippen LogP contribution in [0.3, 0.4) is 0 Å². The number of rotatable bonds is 4. The maximum atomic E-state index is 5.32. The van der Waals surface area contributed by atoms with E-state index < -0.39 is 0 Å². The molecule has 0 saturated heterocycles. The highest BCUT2D eigenvalue weighted by molar-refractivity contribution is 7.98. The van der Waals surface area contributed by atoms with E-state index in [9.17, 15) is 0 Å². The molecule has 83 valence electrons. The standard InChI is InChI=1S/C13H13OS2/c1-10-3-4-12(14-2)13(7-10)16-9-11-5-6-15-8-11/h3-8H,1,9H2,2H3. The first-order chi connectivity index (χ1) is 7.79. The monoisotopic (exact) mass is 249 g/mol. The van der Waals surface area contributed by atoms with Crippen molar-refractivity contribution in [1.82, 2.24) is 0 Å². The topological polar surface area (TPSA) is 9.23 Å². The van der Waals surface area contributed by atoms with Gasteiger partial charge in [0.25, 0.3) is 0 Å². The number of thioether (sulfide) groups is 1. The number of hydrogen-bond donors (Lipinski definition) is 0. The molecule has 16 heavy (non-hydrogen) atoms. The van der Waals surface area contributed by atoms with E-state index in [1.165, 1.54) is 5.56 Å². The summed E-state index contributed by atoms with van der Waals surface area (Å²) in [5.41, 5.74) is 2.38. The van der Waals surface area contributed by atoms with Crippen LogP contribution in [0.15, 0.2) is 39.9 Å². The molecule has 0 bridgehead atoms. The number of thiophene rings is 1. The average molecular weight is 249 g/mol. The summed E-state index contributed by atoms with van der Waals surface area (Å²) in [4.78, 5) is 1.15. The minimum absolute atomic E-state index is 0.924. The van der Waals surface area contributed by atoms with Gasteiger partial charge in [0.2, 0.25) is 0 Å². The van der Waals surface area contributed by atoms with Gasteiger partial charge >= 0.3 is 0 Å². The molecule has 2 rings (SSSR count). The molecule has 0 aliphatic rings. The van der Waals surface area contributed by atoms with Crippen LogP contribution in [0.4, 0.5) is 0 Å². The molecule has 1 heterocycles. The van der Waals surface area contributed by atoms with Crippen molar-refractivity contribution >= 4 is 23.1 Å². The van der Waals surface area contributed by atoms with Gasteiger partial charge in [-0.05, 0) is 47.0 Å². The van der Waals surface area contributed by atoms with E-state index >= 15 is 0 Å². The van der Waals surface area contributed by atoms with E-state index in [-0.39, 0.29) is 0 Å². The van der Waals surface area contributed by atoms with Crippen LogP contribution in [-0.2, 0) is 5.75 Å². The third-order valence-corrected chi connectivity index (χ3v) is 4.04. The highest BCUT2D eigenvalue weighted by Gasteiger charge is 2.04. The highest BCUT2D eigenvalue weighted by atomic mass is 32.2. The second-order valence-electron chi connectivity index (χ2n) is 3.41. The highest BCUT2D eigenvalue weighted by Crippen LogP contribution is 2.32. The van der Waals surface area contributed by atoms with Crippen molar-refractivity contribution in [3.05, 3.63) is 53.1 Å². The fraction of sp³-hybridized carbons (Fsp3) is 0.154. The molecule has 0 fully saturated rings. The lowest BCUT2D eigenvalue weighted by atomic mass is 10.2. The molecule has 0 amide bonds. The van der Waals surface area contributed by atoms with Crippen molar-refractivity contribution in [1.29, 1.82) is 0 Å². The van der Waals surface area contributed by atoms with Crippen molar-refractivity contribution < 1.29 is 4.74 Å². The minimum atomic E-state index is 0.924. The summed E-state index contributed by atoms with van der Waals surface area (Å²) in [6, 6.07) is 8.15. The zero-order chi connectivity index (χ0) is 11.4. The Morgan fingerprint density at radius 3 is 2.94 bits per heavy atom. The third-order valence-electron chi connectivity index (χ3n) is 2.20. The Kier molecular flexibility index (Phi) is 3.91. The van der Waals surface area contributed by atoms with Crippen LogP contribution in [0.25, 0.3) is 0 Å². The molecule has 0 atom stereocenters. The molecule has 0 unspecified atom stereocenters. The van der Waals surface area contributed by atoms with Gasteiger partial charge in [0.1, 0.15) is 5.75 Å². The number of methoxy groups -OCH3 is 1. The van der Waals surface area contributed by atoms with Gasteiger partial charge in [0.15, 0.2) is 0 Å². The summed E-state index contributed by atoms with van der Waals surface area (Å²) in [5, 5.41) is 4.28. The number of benzene rings is 1. The molecule has 1 aromatic heterocycles. The van der Waals surface area contributed by atoms with Crippen LogP contribution in [0, 0.1) is 6.92 Å². The minimum Gasteiger partial charge on any atom is -0.496 e. The smallest absolute Gasteiger partial charge is 0.132 e. The molecule has 1 nitrogen and oxygen atoms in total. The summed E-state index contributed by atoms with van der Waals surface area (Å²) < 4.78 is 5.32. The van der Waals surface area contributed by atoms with Gasteiger partial charge in [0, 0.05) is 10.6 Å². The van der Waals surface area contributed by atoms with E-state index in [0.29, 0.717) is 0 Å². The molecule has 3 heteroatoms. The Labute approximate surface area is 104 Å². The molecule has 0 spiro atoms. The van der Waals surface area contributed by atoms with Crippen molar-refractivity contribution in [2.45, 2.75) is 10.6 Å². The Morgan fingerprint density at radius 1 is 1.38 bits per heavy atom. The van der Waals surface area contributed by atoms with Gasteiger partial charge in [-0.25, -0.2) is 0 Å². The third kappa shape index (κ3) is 2.80. The second kappa shape index (κ2) is 5.41. The Bertz CT molecular complexity index is 449. The van der Waals surface area contributed by atoms with Crippen molar-refractivity contribution in [3.63, 3.8) is 0 Å². The van der Waals surface area contributed by atoms with E-state index in [0.717, 1.165) is 22.0 Å². The zero-order valence-electron chi connectivity index (χ0n) is 9.10. The van der Waals surface area contributed by atoms with Crippen LogP contribution >= 0.6 is 23.1 Å². The normalized spacial score (nSPS) is 10.4. The van der Waals surface area contributed by atoms with E-state index in [1.54, 1.807) is 30.2 Å². The Hall–Kier alpha value is -0.930. The van der Waals surface area contributed by atoms with E-state index in [1.807, 2.05) is 12.1 Å². The molecular formula is C13H13OS2. The van der Waals surface area contributed by atoms with E-state index in [4.69, 9.17) is 4.74 Å². The fourth-order valence-corrected chi connectivity index (χ4v) is 3.17. The second-order valence-corrected chi connectivity index (χ2v) is 5.20. The Balaban J connectivity index is 2.11. The molecule has 2 aromatic rings. The summed E-state index contributed by atoms with van der Waals surface area (Å²) in [5.74, 6) is 1.90. The molecule has 0 aliphatic heterocycles. The first-order valence-electron chi connectivity index (χ1n) is 4.93. The zero-order valence-corrected chi connectivity index (χ0v) is 10.7. The molecule has 0 saturated carbocycles. The van der Waals surface area contributed by atoms with Gasteiger partial charge in [-0.3, -0.25) is 0 Å². The predicted molar refractivity (Wildman–Crippen MR) is 71.3 cm³/mol. The Morgan fingerprint density at radius 2 is 2.25 bits per heavy atom. The molecular weight excluding hydrogens is 236 g/mol. The van der Waals surface area contributed by atoms with Crippen LogP contribution in [0.5, 0.6) is 5.75 Å². The lowest BCUT2D eigenvalue weighted by Gasteiger charge is -2.08. The van der Waals surface area contributed by atoms with E-state index in [2.05, 4.69) is 29.8 Å². The molecule has 0 N–H and O–H groups in total. The molecule has 0 aliphatic carbocycles. The van der Waals surface area contributed by atoms with Gasteiger partial charge < -0.3 is 4.74 Å². The first kappa shape index (κ1) is 11.6. The van der Waals surface area contributed by atoms with Gasteiger partial charge in [-0.1, -0.05) is 6.07 Å². The van der Waals surface area contributed by atoms with Crippen LogP contribution < -0.4 is 4.74 Å². The summed E-state index contributed by atoms with van der Waals surface area (Å²) >= 11 is 3.52.